The standard InChI is InChI=1S/C14H12F2N4O/c1-2-5-17-13-8-18-12(7-19-13)14(21)20-11-4-3-9(15)6-10(11)16/h2-4,6-8H,1,5H2,(H,17,19)(H,20,21). The Hall–Kier alpha value is -2.83. The monoisotopic (exact) mass is 290 g/mol. The van der Waals surface area contributed by atoms with Crippen LogP contribution in [0.3, 0.4) is 0 Å². The van der Waals surface area contributed by atoms with E-state index in [1.165, 1.54) is 12.4 Å². The van der Waals surface area contributed by atoms with E-state index in [4.69, 9.17) is 0 Å². The molecule has 1 aromatic heterocycles. The SMILES string of the molecule is C=CCNc1cnc(C(=O)Nc2ccc(F)cc2F)cn1. The van der Waals surface area contributed by atoms with Crippen molar-refractivity contribution in [3.63, 3.8) is 0 Å². The van der Waals surface area contributed by atoms with Gasteiger partial charge in [0.2, 0.25) is 0 Å². The van der Waals surface area contributed by atoms with Gasteiger partial charge in [-0.25, -0.2) is 18.7 Å². The lowest BCUT2D eigenvalue weighted by Crippen LogP contribution is -2.15. The predicted molar refractivity (Wildman–Crippen MR) is 75.0 cm³/mol. The van der Waals surface area contributed by atoms with Gasteiger partial charge in [0.05, 0.1) is 18.1 Å². The van der Waals surface area contributed by atoms with E-state index >= 15 is 0 Å². The van der Waals surface area contributed by atoms with E-state index in [-0.39, 0.29) is 11.4 Å². The fraction of sp³-hybridized carbons (Fsp3) is 0.0714. The van der Waals surface area contributed by atoms with E-state index < -0.39 is 17.5 Å². The Morgan fingerprint density at radius 1 is 1.29 bits per heavy atom. The minimum absolute atomic E-state index is 0.0166. The van der Waals surface area contributed by atoms with Crippen LogP contribution in [-0.2, 0) is 0 Å². The Bertz CT molecular complexity index is 659. The first-order valence-electron chi connectivity index (χ1n) is 6.03. The average molecular weight is 290 g/mol. The van der Waals surface area contributed by atoms with E-state index in [0.717, 1.165) is 12.1 Å². The second-order valence-corrected chi connectivity index (χ2v) is 4.03. The van der Waals surface area contributed by atoms with E-state index in [1.54, 1.807) is 6.08 Å². The lowest BCUT2D eigenvalue weighted by atomic mass is 10.3. The van der Waals surface area contributed by atoms with E-state index in [9.17, 15) is 13.6 Å². The number of carbonyl (C=O) groups excluding carboxylic acids is 1. The Labute approximate surface area is 119 Å². The van der Waals surface area contributed by atoms with Gasteiger partial charge in [-0.15, -0.1) is 6.58 Å². The largest absolute Gasteiger partial charge is 0.365 e. The Balaban J connectivity index is 2.07. The molecule has 0 saturated heterocycles. The molecule has 0 spiro atoms. The molecule has 21 heavy (non-hydrogen) atoms. The van der Waals surface area contributed by atoms with Gasteiger partial charge in [0, 0.05) is 12.6 Å². The van der Waals surface area contributed by atoms with Crippen LogP contribution in [0.4, 0.5) is 20.3 Å². The minimum atomic E-state index is -0.861. The lowest BCUT2D eigenvalue weighted by molar-refractivity contribution is 0.102. The van der Waals surface area contributed by atoms with Gasteiger partial charge >= 0.3 is 0 Å². The number of aromatic nitrogens is 2. The number of halogens is 2. The molecular weight excluding hydrogens is 278 g/mol. The van der Waals surface area contributed by atoms with Crippen LogP contribution in [-0.4, -0.2) is 22.4 Å². The summed E-state index contributed by atoms with van der Waals surface area (Å²) < 4.78 is 26.2. The zero-order chi connectivity index (χ0) is 15.2. The summed E-state index contributed by atoms with van der Waals surface area (Å²) in [4.78, 5) is 19.8. The molecule has 0 aliphatic rings. The molecule has 0 aliphatic heterocycles. The molecule has 0 atom stereocenters. The van der Waals surface area contributed by atoms with Crippen molar-refractivity contribution in [2.45, 2.75) is 0 Å². The molecule has 2 aromatic rings. The minimum Gasteiger partial charge on any atom is -0.365 e. The summed E-state index contributed by atoms with van der Waals surface area (Å²) in [6.45, 7) is 4.06. The highest BCUT2D eigenvalue weighted by molar-refractivity contribution is 6.02. The van der Waals surface area contributed by atoms with Crippen molar-refractivity contribution in [1.29, 1.82) is 0 Å². The molecule has 0 unspecified atom stereocenters. The summed E-state index contributed by atoms with van der Waals surface area (Å²) in [5.74, 6) is -1.73. The molecule has 0 bridgehead atoms. The zero-order valence-electron chi connectivity index (χ0n) is 10.9. The van der Waals surface area contributed by atoms with Gasteiger partial charge in [0.1, 0.15) is 23.1 Å². The molecule has 2 rings (SSSR count). The van der Waals surface area contributed by atoms with Crippen LogP contribution in [0, 0.1) is 11.6 Å². The molecular formula is C14H12F2N4O. The Morgan fingerprint density at radius 3 is 2.71 bits per heavy atom. The molecule has 1 aromatic carbocycles. The number of amides is 1. The van der Waals surface area contributed by atoms with Crippen LogP contribution in [0.2, 0.25) is 0 Å². The number of benzene rings is 1. The van der Waals surface area contributed by atoms with E-state index in [1.807, 2.05) is 0 Å². The number of carbonyl (C=O) groups is 1. The number of anilines is 2. The molecule has 108 valence electrons. The molecule has 1 amide bonds. The Kier molecular flexibility index (Phi) is 4.55. The fourth-order valence-corrected chi connectivity index (χ4v) is 1.49. The topological polar surface area (TPSA) is 66.9 Å². The van der Waals surface area contributed by atoms with Gasteiger partial charge < -0.3 is 10.6 Å². The van der Waals surface area contributed by atoms with Crippen LogP contribution in [0.5, 0.6) is 0 Å². The summed E-state index contributed by atoms with van der Waals surface area (Å²) in [6.07, 6.45) is 4.28. The second kappa shape index (κ2) is 6.56. The quantitative estimate of drug-likeness (QED) is 0.831. The van der Waals surface area contributed by atoms with Crippen molar-refractivity contribution in [3.05, 3.63) is 60.6 Å². The molecule has 0 fully saturated rings. The summed E-state index contributed by atoms with van der Waals surface area (Å²) in [5, 5.41) is 5.20. The maximum Gasteiger partial charge on any atom is 0.275 e. The van der Waals surface area contributed by atoms with Crippen molar-refractivity contribution in [3.8, 4) is 0 Å². The number of hydrogen-bond acceptors (Lipinski definition) is 4. The predicted octanol–water partition coefficient (Wildman–Crippen LogP) is 2.61. The Morgan fingerprint density at radius 2 is 2.10 bits per heavy atom. The first-order chi connectivity index (χ1) is 10.1. The fourth-order valence-electron chi connectivity index (χ4n) is 1.49. The van der Waals surface area contributed by atoms with Crippen molar-refractivity contribution >= 4 is 17.4 Å². The van der Waals surface area contributed by atoms with E-state index in [0.29, 0.717) is 18.4 Å². The summed E-state index contributed by atoms with van der Waals surface area (Å²) in [5.41, 5.74) is -0.111. The second-order valence-electron chi connectivity index (χ2n) is 4.03. The first kappa shape index (κ1) is 14.6. The maximum atomic E-state index is 13.4. The molecule has 0 radical (unpaired) electrons. The van der Waals surface area contributed by atoms with Crippen LogP contribution in [0.25, 0.3) is 0 Å². The highest BCUT2D eigenvalue weighted by atomic mass is 19.1. The molecule has 0 aliphatic carbocycles. The highest BCUT2D eigenvalue weighted by Crippen LogP contribution is 2.15. The number of hydrogen-bond donors (Lipinski definition) is 2. The maximum absolute atomic E-state index is 13.4. The number of rotatable bonds is 5. The van der Waals surface area contributed by atoms with Crippen molar-refractivity contribution in [1.82, 2.24) is 9.97 Å². The smallest absolute Gasteiger partial charge is 0.275 e. The summed E-state index contributed by atoms with van der Waals surface area (Å²) in [7, 11) is 0. The van der Waals surface area contributed by atoms with Crippen molar-refractivity contribution < 1.29 is 13.6 Å². The zero-order valence-corrected chi connectivity index (χ0v) is 10.9. The van der Waals surface area contributed by atoms with Crippen LogP contribution in [0.15, 0.2) is 43.2 Å². The van der Waals surface area contributed by atoms with Gasteiger partial charge in [-0.1, -0.05) is 6.08 Å². The van der Waals surface area contributed by atoms with Gasteiger partial charge in [0.25, 0.3) is 5.91 Å². The third kappa shape index (κ3) is 3.82. The van der Waals surface area contributed by atoms with Gasteiger partial charge in [-0.05, 0) is 12.1 Å². The first-order valence-corrected chi connectivity index (χ1v) is 6.03. The van der Waals surface area contributed by atoms with Crippen LogP contribution < -0.4 is 10.6 Å². The van der Waals surface area contributed by atoms with E-state index in [2.05, 4.69) is 27.2 Å². The van der Waals surface area contributed by atoms with Gasteiger partial charge in [-0.3, -0.25) is 4.79 Å². The molecule has 1 heterocycles. The van der Waals surface area contributed by atoms with Gasteiger partial charge in [0.15, 0.2) is 0 Å². The molecule has 5 nitrogen and oxygen atoms in total. The number of nitrogens with one attached hydrogen (secondary N) is 2. The molecule has 2 N–H and O–H groups in total. The highest BCUT2D eigenvalue weighted by Gasteiger charge is 2.11. The summed E-state index contributed by atoms with van der Waals surface area (Å²) in [6, 6.07) is 2.87. The number of nitrogens with zero attached hydrogens (tertiary/aromatic N) is 2. The van der Waals surface area contributed by atoms with Crippen molar-refractivity contribution in [2.24, 2.45) is 0 Å². The third-order valence-corrected chi connectivity index (χ3v) is 2.49. The van der Waals surface area contributed by atoms with Crippen LogP contribution >= 0.6 is 0 Å². The van der Waals surface area contributed by atoms with Crippen LogP contribution in [0.1, 0.15) is 10.5 Å². The third-order valence-electron chi connectivity index (χ3n) is 2.49. The lowest BCUT2D eigenvalue weighted by Gasteiger charge is -2.06. The van der Waals surface area contributed by atoms with Crippen molar-refractivity contribution in [2.75, 3.05) is 17.2 Å². The summed E-state index contributed by atoms with van der Waals surface area (Å²) >= 11 is 0. The molecule has 7 heteroatoms. The average Bonchev–Trinajstić information content (AvgIpc) is 2.48. The van der Waals surface area contributed by atoms with Gasteiger partial charge in [-0.2, -0.15) is 0 Å². The molecule has 0 saturated carbocycles. The normalized spacial score (nSPS) is 10.0.